The van der Waals surface area contributed by atoms with E-state index in [-0.39, 0.29) is 5.91 Å². The third kappa shape index (κ3) is 3.00. The van der Waals surface area contributed by atoms with E-state index in [0.29, 0.717) is 13.0 Å². The van der Waals surface area contributed by atoms with Crippen LogP contribution in [-0.2, 0) is 17.6 Å². The number of carboxylic acid groups (broad SMARTS) is 1. The van der Waals surface area contributed by atoms with Crippen molar-refractivity contribution < 1.29 is 14.7 Å². The smallest absolute Gasteiger partial charge is 0.309 e. The molecule has 1 aromatic rings. The second kappa shape index (κ2) is 5.65. The summed E-state index contributed by atoms with van der Waals surface area (Å²) in [6.07, 6.45) is 3.52. The van der Waals surface area contributed by atoms with Gasteiger partial charge in [0.05, 0.1) is 5.41 Å². The van der Waals surface area contributed by atoms with E-state index < -0.39 is 11.4 Å². The number of fused-ring (bicyclic) bond motifs is 1. The van der Waals surface area contributed by atoms with Crippen LogP contribution in [0.4, 0.5) is 0 Å². The Morgan fingerprint density at radius 3 is 2.75 bits per heavy atom. The van der Waals surface area contributed by atoms with Crippen LogP contribution in [0.15, 0.2) is 18.2 Å². The summed E-state index contributed by atoms with van der Waals surface area (Å²) in [7, 11) is 0. The highest BCUT2D eigenvalue weighted by Crippen LogP contribution is 2.25. The number of carbonyl (C=O) groups is 2. The molecule has 0 aromatic heterocycles. The first-order valence-corrected chi connectivity index (χ1v) is 7.04. The molecular formula is C16H21NO3. The van der Waals surface area contributed by atoms with Gasteiger partial charge in [-0.05, 0) is 56.7 Å². The molecule has 0 fully saturated rings. The Kier molecular flexibility index (Phi) is 4.12. The van der Waals surface area contributed by atoms with E-state index in [9.17, 15) is 9.59 Å². The van der Waals surface area contributed by atoms with Crippen LogP contribution in [-0.4, -0.2) is 23.5 Å². The molecule has 0 saturated heterocycles. The third-order valence-corrected chi connectivity index (χ3v) is 4.01. The molecule has 2 rings (SSSR count). The van der Waals surface area contributed by atoms with Gasteiger partial charge in [0, 0.05) is 12.1 Å². The van der Waals surface area contributed by atoms with E-state index in [2.05, 4.69) is 11.4 Å². The lowest BCUT2D eigenvalue weighted by molar-refractivity contribution is -0.147. The van der Waals surface area contributed by atoms with E-state index in [1.807, 2.05) is 12.1 Å². The van der Waals surface area contributed by atoms with E-state index in [1.54, 1.807) is 13.8 Å². The zero-order chi connectivity index (χ0) is 14.8. The number of benzene rings is 1. The standard InChI is InChI=1S/C16H21NO3/c1-16(2,15(19)20)9-10-17-14(18)13-8-4-6-11-5-3-7-12(11)13/h4,6,8H,3,5,7,9-10H2,1-2H3,(H,17,18)(H,19,20). The number of hydrogen-bond acceptors (Lipinski definition) is 2. The molecule has 0 radical (unpaired) electrons. The third-order valence-electron chi connectivity index (χ3n) is 4.01. The number of carbonyl (C=O) groups excluding carboxylic acids is 1. The summed E-state index contributed by atoms with van der Waals surface area (Å²) in [4.78, 5) is 23.2. The van der Waals surface area contributed by atoms with Gasteiger partial charge in [-0.15, -0.1) is 0 Å². The molecule has 0 bridgehead atoms. The van der Waals surface area contributed by atoms with Crippen LogP contribution in [0.5, 0.6) is 0 Å². The van der Waals surface area contributed by atoms with Crippen LogP contribution < -0.4 is 5.32 Å². The fourth-order valence-electron chi connectivity index (χ4n) is 2.52. The highest BCUT2D eigenvalue weighted by atomic mass is 16.4. The molecule has 4 heteroatoms. The van der Waals surface area contributed by atoms with Gasteiger partial charge in [-0.25, -0.2) is 0 Å². The van der Waals surface area contributed by atoms with E-state index in [1.165, 1.54) is 5.56 Å². The number of carboxylic acids is 1. The molecule has 0 aliphatic heterocycles. The largest absolute Gasteiger partial charge is 0.481 e. The van der Waals surface area contributed by atoms with E-state index >= 15 is 0 Å². The summed E-state index contributed by atoms with van der Waals surface area (Å²) in [5.41, 5.74) is 2.35. The highest BCUT2D eigenvalue weighted by Gasteiger charge is 2.27. The minimum atomic E-state index is -0.840. The summed E-state index contributed by atoms with van der Waals surface area (Å²) in [5, 5.41) is 11.9. The lowest BCUT2D eigenvalue weighted by atomic mass is 9.89. The minimum Gasteiger partial charge on any atom is -0.481 e. The van der Waals surface area contributed by atoms with Crippen LogP contribution in [0.3, 0.4) is 0 Å². The Balaban J connectivity index is 1.97. The van der Waals surface area contributed by atoms with Crippen molar-refractivity contribution in [1.82, 2.24) is 5.32 Å². The van der Waals surface area contributed by atoms with Crippen molar-refractivity contribution in [2.75, 3.05) is 6.54 Å². The zero-order valence-corrected chi connectivity index (χ0v) is 12.0. The van der Waals surface area contributed by atoms with Gasteiger partial charge in [0.15, 0.2) is 0 Å². The fraction of sp³-hybridized carbons (Fsp3) is 0.500. The molecule has 1 aliphatic carbocycles. The Labute approximate surface area is 119 Å². The fourth-order valence-corrected chi connectivity index (χ4v) is 2.52. The molecule has 0 spiro atoms. The van der Waals surface area contributed by atoms with E-state index in [4.69, 9.17) is 5.11 Å². The normalized spacial score (nSPS) is 13.9. The van der Waals surface area contributed by atoms with Crippen molar-refractivity contribution in [1.29, 1.82) is 0 Å². The molecule has 1 amide bonds. The van der Waals surface area contributed by atoms with Crippen molar-refractivity contribution in [2.24, 2.45) is 5.41 Å². The number of hydrogen-bond donors (Lipinski definition) is 2. The summed E-state index contributed by atoms with van der Waals surface area (Å²) < 4.78 is 0. The van der Waals surface area contributed by atoms with Crippen LogP contribution in [0, 0.1) is 5.41 Å². The maximum Gasteiger partial charge on any atom is 0.309 e. The SMILES string of the molecule is CC(C)(CCNC(=O)c1cccc2c1CCC2)C(=O)O. The zero-order valence-electron chi connectivity index (χ0n) is 12.0. The maximum atomic E-state index is 12.2. The molecular weight excluding hydrogens is 254 g/mol. The molecule has 0 heterocycles. The molecule has 0 atom stereocenters. The molecule has 1 aliphatic rings. The summed E-state index contributed by atoms with van der Waals surface area (Å²) in [5.74, 6) is -0.933. The Morgan fingerprint density at radius 1 is 1.30 bits per heavy atom. The van der Waals surface area contributed by atoms with Crippen molar-refractivity contribution in [3.63, 3.8) is 0 Å². The molecule has 4 nitrogen and oxygen atoms in total. The number of nitrogens with one attached hydrogen (secondary N) is 1. The molecule has 20 heavy (non-hydrogen) atoms. The van der Waals surface area contributed by atoms with Crippen molar-refractivity contribution in [2.45, 2.75) is 39.5 Å². The predicted octanol–water partition coefficient (Wildman–Crippen LogP) is 2.41. The van der Waals surface area contributed by atoms with E-state index in [0.717, 1.165) is 30.4 Å². The number of rotatable bonds is 5. The first kappa shape index (κ1) is 14.6. The average Bonchev–Trinajstić information content (AvgIpc) is 2.86. The van der Waals surface area contributed by atoms with Crippen molar-refractivity contribution in [3.8, 4) is 0 Å². The van der Waals surface area contributed by atoms with Gasteiger partial charge in [0.25, 0.3) is 5.91 Å². The maximum absolute atomic E-state index is 12.2. The molecule has 1 aromatic carbocycles. The number of amides is 1. The minimum absolute atomic E-state index is 0.0926. The van der Waals surface area contributed by atoms with Gasteiger partial charge < -0.3 is 10.4 Å². The monoisotopic (exact) mass is 275 g/mol. The van der Waals surface area contributed by atoms with Crippen LogP contribution >= 0.6 is 0 Å². The van der Waals surface area contributed by atoms with Crippen LogP contribution in [0.2, 0.25) is 0 Å². The Hall–Kier alpha value is -1.84. The lowest BCUT2D eigenvalue weighted by Gasteiger charge is -2.19. The lowest BCUT2D eigenvalue weighted by Crippen LogP contribution is -2.32. The molecule has 0 saturated carbocycles. The van der Waals surface area contributed by atoms with Crippen molar-refractivity contribution in [3.05, 3.63) is 34.9 Å². The molecule has 0 unspecified atom stereocenters. The second-order valence-corrected chi connectivity index (χ2v) is 5.99. The number of aryl methyl sites for hydroxylation is 1. The van der Waals surface area contributed by atoms with Crippen molar-refractivity contribution >= 4 is 11.9 Å². The van der Waals surface area contributed by atoms with Crippen LogP contribution in [0.25, 0.3) is 0 Å². The summed E-state index contributed by atoms with van der Waals surface area (Å²) in [6.45, 7) is 3.71. The van der Waals surface area contributed by atoms with Gasteiger partial charge in [0.1, 0.15) is 0 Å². The Morgan fingerprint density at radius 2 is 2.05 bits per heavy atom. The van der Waals surface area contributed by atoms with Gasteiger partial charge in [-0.2, -0.15) is 0 Å². The predicted molar refractivity (Wildman–Crippen MR) is 76.8 cm³/mol. The molecule has 2 N–H and O–H groups in total. The second-order valence-electron chi connectivity index (χ2n) is 5.99. The topological polar surface area (TPSA) is 66.4 Å². The Bertz CT molecular complexity index is 535. The quantitative estimate of drug-likeness (QED) is 0.867. The van der Waals surface area contributed by atoms with Gasteiger partial charge in [0.2, 0.25) is 0 Å². The average molecular weight is 275 g/mol. The molecule has 108 valence electrons. The first-order chi connectivity index (χ1) is 9.42. The van der Waals surface area contributed by atoms with Crippen LogP contribution in [0.1, 0.15) is 48.2 Å². The highest BCUT2D eigenvalue weighted by molar-refractivity contribution is 5.96. The summed E-state index contributed by atoms with van der Waals surface area (Å²) >= 11 is 0. The first-order valence-electron chi connectivity index (χ1n) is 7.04. The van der Waals surface area contributed by atoms with Gasteiger partial charge >= 0.3 is 5.97 Å². The summed E-state index contributed by atoms with van der Waals surface area (Å²) in [6, 6.07) is 5.84. The van der Waals surface area contributed by atoms with Gasteiger partial charge in [-0.1, -0.05) is 12.1 Å². The van der Waals surface area contributed by atoms with Gasteiger partial charge in [-0.3, -0.25) is 9.59 Å². The number of aliphatic carboxylic acids is 1.